The minimum atomic E-state index is -3.49. The third kappa shape index (κ3) is 6.88. The van der Waals surface area contributed by atoms with Gasteiger partial charge in [-0.2, -0.15) is 9.19 Å². The van der Waals surface area contributed by atoms with E-state index >= 15 is 0 Å². The van der Waals surface area contributed by atoms with Gasteiger partial charge in [0, 0.05) is 51.2 Å². The monoisotopic (exact) mass is 640 g/mol. The third-order valence-corrected chi connectivity index (χ3v) is 12.1. The average Bonchev–Trinajstić information content (AvgIpc) is 3.76. The van der Waals surface area contributed by atoms with Crippen molar-refractivity contribution < 1.29 is 21.9 Å². The minimum absolute atomic E-state index is 0.117. The van der Waals surface area contributed by atoms with Crippen molar-refractivity contribution >= 4 is 37.2 Å². The van der Waals surface area contributed by atoms with Gasteiger partial charge in [-0.15, -0.1) is 0 Å². The molecule has 2 N–H and O–H groups in total. The van der Waals surface area contributed by atoms with E-state index in [1.807, 2.05) is 11.0 Å². The zero-order chi connectivity index (χ0) is 31.0. The van der Waals surface area contributed by atoms with Crippen LogP contribution in [0.4, 0.5) is 17.3 Å². The van der Waals surface area contributed by atoms with Gasteiger partial charge in [-0.3, -0.25) is 4.90 Å². The first kappa shape index (κ1) is 30.4. The predicted molar refractivity (Wildman–Crippen MR) is 167 cm³/mol. The van der Waals surface area contributed by atoms with Crippen molar-refractivity contribution in [3.63, 3.8) is 0 Å². The fourth-order valence-electron chi connectivity index (χ4n) is 5.25. The molecule has 5 heterocycles. The van der Waals surface area contributed by atoms with Crippen molar-refractivity contribution in [1.29, 1.82) is 0 Å². The summed E-state index contributed by atoms with van der Waals surface area (Å²) in [7, 11) is -6.44. The van der Waals surface area contributed by atoms with Crippen LogP contribution in [0.1, 0.15) is 38.2 Å². The third-order valence-electron chi connectivity index (χ3n) is 8.47. The van der Waals surface area contributed by atoms with Gasteiger partial charge in [-0.25, -0.2) is 31.8 Å². The number of nitrogens with one attached hydrogen (secondary N) is 1. The van der Waals surface area contributed by atoms with E-state index in [0.29, 0.717) is 55.5 Å². The second kappa shape index (κ2) is 12.1. The molecular formula is C29H36N8O5S2. The molecule has 1 aliphatic carbocycles. The smallest absolute Gasteiger partial charge is 0.256 e. The molecule has 3 fully saturated rings. The summed E-state index contributed by atoms with van der Waals surface area (Å²) >= 11 is 0. The molecule has 44 heavy (non-hydrogen) atoms. The molecule has 0 atom stereocenters. The van der Waals surface area contributed by atoms with Crippen LogP contribution < -0.4 is 10.2 Å². The van der Waals surface area contributed by atoms with E-state index in [2.05, 4.69) is 49.0 Å². The molecule has 15 heteroatoms. The first-order valence-electron chi connectivity index (χ1n) is 14.7. The standard InChI is InChI=1S/C29H36N8O5S2/c1-29(21-38)7-11-36(12-8-29)25-17-27(31-18-22(25)3-2-10-35-13-15-43(39,40)16-14-35)33-26-6-9-30-28(34-26)23-19-32-37(20-23)44(41,42)24-4-5-24/h6,9,17-20,24,38H,4-5,7-8,10-16,21H2,1H3,(H,30,31,33,34). The summed E-state index contributed by atoms with van der Waals surface area (Å²) in [5, 5.41) is 16.8. The Morgan fingerprint density at radius 2 is 1.84 bits per heavy atom. The highest BCUT2D eigenvalue weighted by molar-refractivity contribution is 7.91. The Labute approximate surface area is 257 Å². The number of piperidine rings is 1. The number of anilines is 3. The Balaban J connectivity index is 1.22. The normalized spacial score (nSPS) is 20.1. The fourth-order valence-corrected chi connectivity index (χ4v) is 8.00. The van der Waals surface area contributed by atoms with Crippen LogP contribution in [0.2, 0.25) is 0 Å². The Hall–Kier alpha value is -3.58. The predicted octanol–water partition coefficient (Wildman–Crippen LogP) is 1.50. The van der Waals surface area contributed by atoms with Crippen LogP contribution in [0, 0.1) is 17.3 Å². The van der Waals surface area contributed by atoms with Crippen LogP contribution in [-0.4, -0.2) is 107 Å². The summed E-state index contributed by atoms with van der Waals surface area (Å²) < 4.78 is 49.6. The molecule has 0 spiro atoms. The first-order chi connectivity index (χ1) is 21.0. The van der Waals surface area contributed by atoms with Gasteiger partial charge in [0.15, 0.2) is 15.7 Å². The van der Waals surface area contributed by atoms with E-state index in [1.165, 1.54) is 12.4 Å². The lowest BCUT2D eigenvalue weighted by molar-refractivity contribution is 0.115. The van der Waals surface area contributed by atoms with Gasteiger partial charge in [0.05, 0.1) is 52.5 Å². The van der Waals surface area contributed by atoms with Crippen molar-refractivity contribution in [3.8, 4) is 23.2 Å². The van der Waals surface area contributed by atoms with Crippen molar-refractivity contribution in [2.24, 2.45) is 5.41 Å². The van der Waals surface area contributed by atoms with Gasteiger partial charge in [-0.1, -0.05) is 18.8 Å². The summed E-state index contributed by atoms with van der Waals surface area (Å²) in [6.45, 7) is 5.18. The van der Waals surface area contributed by atoms with E-state index in [1.54, 1.807) is 18.5 Å². The highest BCUT2D eigenvalue weighted by Gasteiger charge is 2.38. The molecule has 3 aromatic rings. The number of rotatable bonds is 8. The molecule has 3 aliphatic rings. The van der Waals surface area contributed by atoms with Crippen LogP contribution >= 0.6 is 0 Å². The highest BCUT2D eigenvalue weighted by atomic mass is 32.2. The Morgan fingerprint density at radius 3 is 2.55 bits per heavy atom. The zero-order valence-corrected chi connectivity index (χ0v) is 26.2. The van der Waals surface area contributed by atoms with Crippen molar-refractivity contribution in [2.45, 2.75) is 37.9 Å². The van der Waals surface area contributed by atoms with Gasteiger partial charge in [-0.05, 0) is 37.2 Å². The Kier molecular flexibility index (Phi) is 8.35. The van der Waals surface area contributed by atoms with E-state index in [0.717, 1.165) is 41.3 Å². The van der Waals surface area contributed by atoms with Gasteiger partial charge in [0.2, 0.25) is 0 Å². The second-order valence-electron chi connectivity index (χ2n) is 12.0. The van der Waals surface area contributed by atoms with Crippen LogP contribution in [0.15, 0.2) is 36.9 Å². The summed E-state index contributed by atoms with van der Waals surface area (Å²) in [6, 6.07) is 3.64. The number of nitrogens with zero attached hydrogens (tertiary/aromatic N) is 7. The summed E-state index contributed by atoms with van der Waals surface area (Å²) in [5.74, 6) is 8.15. The number of sulfone groups is 1. The molecule has 0 bridgehead atoms. The van der Waals surface area contributed by atoms with E-state index in [-0.39, 0.29) is 28.8 Å². The number of aliphatic hydroxyl groups excluding tert-OH is 1. The maximum Gasteiger partial charge on any atom is 0.256 e. The number of hydrogen-bond acceptors (Lipinski definition) is 12. The van der Waals surface area contributed by atoms with Crippen molar-refractivity contribution in [3.05, 3.63) is 42.5 Å². The van der Waals surface area contributed by atoms with E-state index in [4.69, 9.17) is 0 Å². The molecule has 2 aliphatic heterocycles. The van der Waals surface area contributed by atoms with Crippen LogP contribution in [0.5, 0.6) is 0 Å². The molecule has 13 nitrogen and oxygen atoms in total. The van der Waals surface area contributed by atoms with Crippen molar-refractivity contribution in [1.82, 2.24) is 29.0 Å². The molecule has 0 aromatic carbocycles. The molecule has 3 aromatic heterocycles. The quantitative estimate of drug-likeness (QED) is 0.342. The first-order valence-corrected chi connectivity index (χ1v) is 18.0. The largest absolute Gasteiger partial charge is 0.396 e. The summed E-state index contributed by atoms with van der Waals surface area (Å²) in [6.07, 6.45) is 9.17. The number of aliphatic hydroxyl groups is 1. The van der Waals surface area contributed by atoms with Crippen LogP contribution in [0.3, 0.4) is 0 Å². The van der Waals surface area contributed by atoms with Crippen LogP contribution in [0.25, 0.3) is 11.4 Å². The highest BCUT2D eigenvalue weighted by Crippen LogP contribution is 2.35. The molecule has 0 unspecified atom stereocenters. The molecule has 234 valence electrons. The molecule has 2 saturated heterocycles. The Morgan fingerprint density at radius 1 is 1.09 bits per heavy atom. The topological polar surface area (TPSA) is 164 Å². The van der Waals surface area contributed by atoms with Gasteiger partial charge in [0.25, 0.3) is 10.0 Å². The van der Waals surface area contributed by atoms with E-state index < -0.39 is 19.9 Å². The minimum Gasteiger partial charge on any atom is -0.396 e. The number of aromatic nitrogens is 5. The molecule has 0 radical (unpaired) electrons. The van der Waals surface area contributed by atoms with Gasteiger partial charge < -0.3 is 15.3 Å². The SMILES string of the molecule is CC1(CO)CCN(c2cc(Nc3ccnc(-c4cnn(S(=O)(=O)C5CC5)c4)n3)ncc2C#CCN2CCS(=O)(=O)CC2)CC1. The lowest BCUT2D eigenvalue weighted by atomic mass is 9.81. The summed E-state index contributed by atoms with van der Waals surface area (Å²) in [5.41, 5.74) is 2.05. The molecular weight excluding hydrogens is 605 g/mol. The molecule has 6 rings (SSSR count). The second-order valence-corrected chi connectivity index (χ2v) is 16.4. The average molecular weight is 641 g/mol. The summed E-state index contributed by atoms with van der Waals surface area (Å²) in [4.78, 5) is 17.8. The molecule has 0 amide bonds. The maximum absolute atomic E-state index is 12.5. The number of hydrogen-bond donors (Lipinski definition) is 2. The van der Waals surface area contributed by atoms with E-state index in [9.17, 15) is 21.9 Å². The lowest BCUT2D eigenvalue weighted by Gasteiger charge is -2.39. The van der Waals surface area contributed by atoms with Gasteiger partial charge >= 0.3 is 0 Å². The van der Waals surface area contributed by atoms with Crippen molar-refractivity contribution in [2.75, 3.05) is 61.1 Å². The maximum atomic E-state index is 12.5. The lowest BCUT2D eigenvalue weighted by Crippen LogP contribution is -2.40. The fraction of sp³-hybridized carbons (Fsp3) is 0.517. The number of pyridine rings is 1. The van der Waals surface area contributed by atoms with Gasteiger partial charge in [0.1, 0.15) is 11.6 Å². The zero-order valence-electron chi connectivity index (χ0n) is 24.6. The van der Waals surface area contributed by atoms with Crippen LogP contribution in [-0.2, 0) is 19.9 Å². The Bertz CT molecular complexity index is 1790. The molecule has 1 saturated carbocycles.